The largest absolute Gasteiger partial charge is 0.369 e. The fourth-order valence-corrected chi connectivity index (χ4v) is 5.68. The molecule has 0 radical (unpaired) electrons. The number of H-pyrrole nitrogens is 1. The van der Waals surface area contributed by atoms with Gasteiger partial charge in [-0.25, -0.2) is 13.5 Å². The number of aromatic nitrogens is 2. The molecule has 1 saturated heterocycles. The van der Waals surface area contributed by atoms with Gasteiger partial charge in [-0.15, -0.1) is 0 Å². The van der Waals surface area contributed by atoms with Gasteiger partial charge in [-0.05, 0) is 42.3 Å². The molecule has 1 aromatic heterocycles. The zero-order valence-electron chi connectivity index (χ0n) is 17.1. The molecule has 0 amide bonds. The Balaban J connectivity index is 1.60. The van der Waals surface area contributed by atoms with Crippen molar-refractivity contribution in [2.75, 3.05) is 31.1 Å². The first-order chi connectivity index (χ1) is 14.9. The Bertz CT molecular complexity index is 1230. The van der Waals surface area contributed by atoms with E-state index in [0.717, 1.165) is 11.3 Å². The van der Waals surface area contributed by atoms with Gasteiger partial charge in [0.25, 0.3) is 5.56 Å². The van der Waals surface area contributed by atoms with Gasteiger partial charge in [0.2, 0.25) is 10.0 Å². The van der Waals surface area contributed by atoms with E-state index in [1.165, 1.54) is 10.4 Å². The zero-order valence-corrected chi connectivity index (χ0v) is 18.7. The van der Waals surface area contributed by atoms with Crippen LogP contribution in [0.5, 0.6) is 0 Å². The van der Waals surface area contributed by atoms with Crippen molar-refractivity contribution in [2.24, 2.45) is 0 Å². The molecule has 0 saturated carbocycles. The van der Waals surface area contributed by atoms with Crippen LogP contribution in [0.25, 0.3) is 11.3 Å². The number of benzene rings is 2. The van der Waals surface area contributed by atoms with E-state index in [-0.39, 0.29) is 10.5 Å². The highest BCUT2D eigenvalue weighted by molar-refractivity contribution is 7.89. The van der Waals surface area contributed by atoms with Gasteiger partial charge < -0.3 is 4.90 Å². The molecule has 2 aromatic carbocycles. The number of aryl methyl sites for hydroxylation is 1. The average Bonchev–Trinajstić information content (AvgIpc) is 2.79. The molecule has 1 aliphatic rings. The van der Waals surface area contributed by atoms with Crippen molar-refractivity contribution < 1.29 is 8.42 Å². The Morgan fingerprint density at radius 3 is 2.45 bits per heavy atom. The van der Waals surface area contributed by atoms with Crippen LogP contribution in [0.4, 0.5) is 5.69 Å². The van der Waals surface area contributed by atoms with Gasteiger partial charge in [0.15, 0.2) is 0 Å². The summed E-state index contributed by atoms with van der Waals surface area (Å²) in [6.45, 7) is 3.88. The van der Waals surface area contributed by atoms with Crippen molar-refractivity contribution in [3.05, 3.63) is 75.5 Å². The maximum atomic E-state index is 13.5. The lowest BCUT2D eigenvalue weighted by Crippen LogP contribution is -2.48. The van der Waals surface area contributed by atoms with Gasteiger partial charge in [0.05, 0.1) is 10.6 Å². The zero-order chi connectivity index (χ0) is 22.0. The Labute approximate surface area is 186 Å². The van der Waals surface area contributed by atoms with Crippen LogP contribution in [-0.4, -0.2) is 49.1 Å². The van der Waals surface area contributed by atoms with Gasteiger partial charge in [0.1, 0.15) is 0 Å². The summed E-state index contributed by atoms with van der Waals surface area (Å²) in [4.78, 5) is 13.7. The van der Waals surface area contributed by atoms with Gasteiger partial charge >= 0.3 is 0 Å². The van der Waals surface area contributed by atoms with Crippen molar-refractivity contribution in [3.8, 4) is 11.3 Å². The number of hydrogen-bond donors (Lipinski definition) is 1. The molecular formula is C22H23ClN4O3S. The number of halogens is 1. The maximum absolute atomic E-state index is 13.5. The van der Waals surface area contributed by atoms with Crippen molar-refractivity contribution in [1.82, 2.24) is 14.5 Å². The van der Waals surface area contributed by atoms with Crippen LogP contribution in [0.2, 0.25) is 5.02 Å². The minimum atomic E-state index is -3.68. The monoisotopic (exact) mass is 458 g/mol. The Kier molecular flexibility index (Phi) is 6.13. The molecule has 0 spiro atoms. The first-order valence-electron chi connectivity index (χ1n) is 10.1. The maximum Gasteiger partial charge on any atom is 0.264 e. The summed E-state index contributed by atoms with van der Waals surface area (Å²) in [5, 5.41) is 7.08. The summed E-state index contributed by atoms with van der Waals surface area (Å²) in [5.74, 6) is 0. The normalized spacial score (nSPS) is 15.2. The van der Waals surface area contributed by atoms with Crippen molar-refractivity contribution in [1.29, 1.82) is 0 Å². The fourth-order valence-electron chi connectivity index (χ4n) is 3.75. The highest BCUT2D eigenvalue weighted by atomic mass is 35.5. The molecular weight excluding hydrogens is 436 g/mol. The lowest BCUT2D eigenvalue weighted by Gasteiger charge is -2.35. The SMILES string of the molecule is CCc1ccc(-c2ccc(=O)[nH]n2)cc1S(=O)(=O)N1CCN(c2cccc(Cl)c2)CC1. The number of hydrogen-bond acceptors (Lipinski definition) is 5. The van der Waals surface area contributed by atoms with E-state index in [4.69, 9.17) is 11.6 Å². The highest BCUT2D eigenvalue weighted by Gasteiger charge is 2.30. The molecule has 0 aliphatic carbocycles. The molecule has 31 heavy (non-hydrogen) atoms. The van der Waals surface area contributed by atoms with Crippen LogP contribution in [-0.2, 0) is 16.4 Å². The second-order valence-corrected chi connectivity index (χ2v) is 9.70. The molecule has 4 rings (SSSR count). The lowest BCUT2D eigenvalue weighted by molar-refractivity contribution is 0.384. The number of nitrogens with one attached hydrogen (secondary N) is 1. The van der Waals surface area contributed by atoms with Crippen LogP contribution >= 0.6 is 11.6 Å². The molecule has 2 heterocycles. The molecule has 7 nitrogen and oxygen atoms in total. The van der Waals surface area contributed by atoms with Crippen molar-refractivity contribution in [2.45, 2.75) is 18.2 Å². The second-order valence-electron chi connectivity index (χ2n) is 7.35. The van der Waals surface area contributed by atoms with Crippen LogP contribution in [0.1, 0.15) is 12.5 Å². The average molecular weight is 459 g/mol. The molecule has 0 atom stereocenters. The third-order valence-corrected chi connectivity index (χ3v) is 7.67. The first-order valence-corrected chi connectivity index (χ1v) is 11.9. The first kappa shape index (κ1) is 21.5. The summed E-state index contributed by atoms with van der Waals surface area (Å²) in [7, 11) is -3.68. The summed E-state index contributed by atoms with van der Waals surface area (Å²) >= 11 is 6.10. The molecule has 0 bridgehead atoms. The molecule has 162 valence electrons. The predicted molar refractivity (Wildman–Crippen MR) is 122 cm³/mol. The lowest BCUT2D eigenvalue weighted by atomic mass is 10.1. The third kappa shape index (κ3) is 4.51. The van der Waals surface area contributed by atoms with E-state index in [2.05, 4.69) is 15.1 Å². The Morgan fingerprint density at radius 1 is 1.03 bits per heavy atom. The molecule has 1 fully saturated rings. The van der Waals surface area contributed by atoms with Crippen molar-refractivity contribution >= 4 is 27.3 Å². The van der Waals surface area contributed by atoms with E-state index in [1.807, 2.05) is 43.3 Å². The summed E-state index contributed by atoms with van der Waals surface area (Å²) < 4.78 is 28.6. The quantitative estimate of drug-likeness (QED) is 0.634. The predicted octanol–water partition coefficient (Wildman–Crippen LogP) is 3.16. The van der Waals surface area contributed by atoms with Gasteiger partial charge in [-0.1, -0.05) is 36.7 Å². The smallest absolute Gasteiger partial charge is 0.264 e. The Morgan fingerprint density at radius 2 is 1.81 bits per heavy atom. The van der Waals surface area contributed by atoms with E-state index in [9.17, 15) is 13.2 Å². The standard InChI is InChI=1S/C22H23ClN4O3S/c1-2-16-6-7-17(20-8-9-22(28)25-24-20)14-21(16)31(29,30)27-12-10-26(11-13-27)19-5-3-4-18(23)15-19/h3-9,14-15H,2,10-13H2,1H3,(H,25,28). The summed E-state index contributed by atoms with van der Waals surface area (Å²) in [5.41, 5.74) is 2.60. The molecule has 1 N–H and O–H groups in total. The van der Waals surface area contributed by atoms with Gasteiger partial charge in [-0.2, -0.15) is 9.40 Å². The third-order valence-electron chi connectivity index (χ3n) is 5.45. The minimum absolute atomic E-state index is 0.289. The highest BCUT2D eigenvalue weighted by Crippen LogP contribution is 2.28. The van der Waals surface area contributed by atoms with Crippen LogP contribution in [0.15, 0.2) is 64.3 Å². The van der Waals surface area contributed by atoms with Gasteiger partial charge in [0, 0.05) is 48.5 Å². The van der Waals surface area contributed by atoms with E-state index >= 15 is 0 Å². The van der Waals surface area contributed by atoms with Gasteiger partial charge in [-0.3, -0.25) is 4.79 Å². The van der Waals surface area contributed by atoms with Crippen LogP contribution in [0, 0.1) is 0 Å². The fraction of sp³-hybridized carbons (Fsp3) is 0.273. The molecule has 1 aliphatic heterocycles. The topological polar surface area (TPSA) is 86.4 Å². The minimum Gasteiger partial charge on any atom is -0.369 e. The van der Waals surface area contributed by atoms with E-state index in [0.29, 0.717) is 48.9 Å². The number of piperazine rings is 1. The molecule has 0 unspecified atom stereocenters. The van der Waals surface area contributed by atoms with E-state index < -0.39 is 10.0 Å². The number of rotatable bonds is 5. The second kappa shape index (κ2) is 8.82. The number of sulfonamides is 1. The van der Waals surface area contributed by atoms with E-state index in [1.54, 1.807) is 12.1 Å². The summed E-state index contributed by atoms with van der Waals surface area (Å²) in [6.07, 6.45) is 0.594. The molecule has 3 aromatic rings. The molecule has 9 heteroatoms. The number of anilines is 1. The number of nitrogens with zero attached hydrogens (tertiary/aromatic N) is 3. The Hall–Kier alpha value is -2.68. The number of aromatic amines is 1. The van der Waals surface area contributed by atoms with Crippen molar-refractivity contribution in [3.63, 3.8) is 0 Å². The summed E-state index contributed by atoms with van der Waals surface area (Å²) in [6, 6.07) is 15.8. The van der Waals surface area contributed by atoms with Crippen LogP contribution in [0.3, 0.4) is 0 Å². The van der Waals surface area contributed by atoms with Crippen LogP contribution < -0.4 is 10.5 Å².